The molecule has 4 nitrogen and oxygen atoms in total. The maximum Gasteiger partial charge on any atom is 0.397 e. The molecular formula is C25H56O4PS+. The Kier molecular flexibility index (Phi) is 25.3. The van der Waals surface area contributed by atoms with Crippen LogP contribution in [0.4, 0.5) is 0 Å². The van der Waals surface area contributed by atoms with E-state index < -0.39 is 17.7 Å². The second-order valence-corrected chi connectivity index (χ2v) is 15.0. The molecule has 0 aromatic carbocycles. The van der Waals surface area contributed by atoms with Crippen LogP contribution in [0.2, 0.25) is 0 Å². The van der Waals surface area contributed by atoms with Gasteiger partial charge in [0.15, 0.2) is 0 Å². The Bertz CT molecular complexity index is 433. The summed E-state index contributed by atoms with van der Waals surface area (Å²) in [5.41, 5.74) is 0. The van der Waals surface area contributed by atoms with E-state index in [1.165, 1.54) is 83.5 Å². The summed E-state index contributed by atoms with van der Waals surface area (Å²) in [7, 11) is -4.75. The Morgan fingerprint density at radius 3 is 1.23 bits per heavy atom. The minimum absolute atomic E-state index is 0.0926. The van der Waals surface area contributed by atoms with Gasteiger partial charge in [-0.3, -0.25) is 4.55 Å². The van der Waals surface area contributed by atoms with Crippen molar-refractivity contribution < 1.29 is 17.2 Å². The largest absolute Gasteiger partial charge is 0.397 e. The van der Waals surface area contributed by atoms with E-state index in [4.69, 9.17) is 4.55 Å². The third kappa shape index (κ3) is 28.3. The van der Waals surface area contributed by atoms with Crippen molar-refractivity contribution in [3.8, 4) is 0 Å². The highest BCUT2D eigenvalue weighted by Gasteiger charge is 2.28. The van der Waals surface area contributed by atoms with E-state index in [1.54, 1.807) is 18.5 Å². The summed E-state index contributed by atoms with van der Waals surface area (Å²) in [6, 6.07) is 0. The van der Waals surface area contributed by atoms with E-state index >= 15 is 0 Å². The van der Waals surface area contributed by atoms with Crippen LogP contribution in [0, 0.1) is 0 Å². The molecule has 6 heteroatoms. The van der Waals surface area contributed by atoms with Crippen molar-refractivity contribution in [2.45, 2.75) is 130 Å². The Morgan fingerprint density at radius 1 is 0.581 bits per heavy atom. The van der Waals surface area contributed by atoms with E-state index in [2.05, 4.69) is 38.5 Å². The molecule has 1 N–H and O–H groups in total. The monoisotopic (exact) mass is 483 g/mol. The molecule has 0 fully saturated rings. The molecule has 0 aromatic rings. The summed E-state index contributed by atoms with van der Waals surface area (Å²) in [6.45, 7) is 11.9. The van der Waals surface area contributed by atoms with Gasteiger partial charge in [0, 0.05) is 13.9 Å². The number of hydrogen-bond acceptors (Lipinski definition) is 3. The fraction of sp³-hybridized carbons (Fsp3) is 1.00. The van der Waals surface area contributed by atoms with Crippen LogP contribution < -0.4 is 0 Å². The molecule has 0 unspecified atom stereocenters. The molecule has 0 bridgehead atoms. The Morgan fingerprint density at radius 2 is 0.903 bits per heavy atom. The first-order valence-corrected chi connectivity index (χ1v) is 17.4. The topological polar surface area (TPSA) is 63.6 Å². The average molecular weight is 484 g/mol. The molecule has 0 aliphatic rings. The number of rotatable bonds is 21. The van der Waals surface area contributed by atoms with Gasteiger partial charge < -0.3 is 0 Å². The third-order valence-electron chi connectivity index (χ3n) is 5.88. The number of unbranched alkanes of at least 4 members (excludes halogenated alkanes) is 12. The fourth-order valence-electron chi connectivity index (χ4n) is 3.71. The van der Waals surface area contributed by atoms with Crippen molar-refractivity contribution in [1.82, 2.24) is 0 Å². The summed E-state index contributed by atoms with van der Waals surface area (Å²) >= 11 is 0. The minimum atomic E-state index is -4.23. The van der Waals surface area contributed by atoms with Crippen LogP contribution >= 0.6 is 7.26 Å². The van der Waals surface area contributed by atoms with Gasteiger partial charge in [0.05, 0.1) is 25.1 Å². The quantitative estimate of drug-likeness (QED) is 0.101. The molecule has 0 aromatic heterocycles. The van der Waals surface area contributed by atoms with Crippen molar-refractivity contribution in [1.29, 1.82) is 0 Å². The SMILES string of the molecule is CCCCCCCCCCCCOS(=O)(=O)O.CCCC[P+](C)(CCCC)CCCC. The van der Waals surface area contributed by atoms with Crippen LogP contribution in [0.15, 0.2) is 0 Å². The molecule has 0 amide bonds. The average Bonchev–Trinajstić information content (AvgIpc) is 2.73. The molecule has 0 atom stereocenters. The van der Waals surface area contributed by atoms with Gasteiger partial charge in [-0.15, -0.1) is 0 Å². The fourth-order valence-corrected chi connectivity index (χ4v) is 7.95. The Labute approximate surface area is 197 Å². The lowest BCUT2D eigenvalue weighted by atomic mass is 10.1. The molecular weight excluding hydrogens is 427 g/mol. The van der Waals surface area contributed by atoms with Crippen LogP contribution in [-0.2, 0) is 14.6 Å². The summed E-state index contributed by atoms with van der Waals surface area (Å²) in [5, 5.41) is 0. The van der Waals surface area contributed by atoms with Crippen LogP contribution in [-0.4, -0.2) is 44.7 Å². The van der Waals surface area contributed by atoms with Gasteiger partial charge in [-0.25, -0.2) is 4.18 Å². The van der Waals surface area contributed by atoms with Crippen molar-refractivity contribution in [2.24, 2.45) is 0 Å². The van der Waals surface area contributed by atoms with Crippen LogP contribution in [0.1, 0.15) is 130 Å². The van der Waals surface area contributed by atoms with E-state index in [-0.39, 0.29) is 6.61 Å². The van der Waals surface area contributed by atoms with Gasteiger partial charge in [0.25, 0.3) is 0 Å². The second kappa shape index (κ2) is 23.5. The maximum atomic E-state index is 10.2. The van der Waals surface area contributed by atoms with E-state index in [0.717, 1.165) is 12.8 Å². The second-order valence-electron chi connectivity index (χ2n) is 9.28. The van der Waals surface area contributed by atoms with Gasteiger partial charge in [-0.1, -0.05) is 105 Å². The zero-order valence-electron chi connectivity index (χ0n) is 21.7. The standard InChI is InChI=1S/C13H30P.C12H26O4S/c1-5-8-11-14(4,12-9-6-2)13-10-7-3;1-2-3-4-5-6-7-8-9-10-11-12-16-17(13,14)15/h5-13H2,1-4H3;2-12H2,1H3,(H,13,14,15)/q+1;. The molecule has 0 spiro atoms. The lowest BCUT2D eigenvalue weighted by Crippen LogP contribution is -2.07. The van der Waals surface area contributed by atoms with Crippen molar-refractivity contribution in [2.75, 3.05) is 31.8 Å². The first kappa shape index (κ1) is 33.5. The van der Waals surface area contributed by atoms with Gasteiger partial charge >= 0.3 is 10.4 Å². The molecule has 0 rings (SSSR count). The first-order chi connectivity index (χ1) is 14.7. The Balaban J connectivity index is 0. The summed E-state index contributed by atoms with van der Waals surface area (Å²) in [5.74, 6) is 0. The number of hydrogen-bond donors (Lipinski definition) is 1. The first-order valence-electron chi connectivity index (χ1n) is 13.2. The smallest absolute Gasteiger partial charge is 0.264 e. The van der Waals surface area contributed by atoms with E-state index in [1.807, 2.05) is 0 Å². The van der Waals surface area contributed by atoms with Gasteiger partial charge in [0.2, 0.25) is 0 Å². The predicted molar refractivity (Wildman–Crippen MR) is 142 cm³/mol. The van der Waals surface area contributed by atoms with Crippen molar-refractivity contribution in [3.05, 3.63) is 0 Å². The van der Waals surface area contributed by atoms with Crippen molar-refractivity contribution >= 4 is 17.7 Å². The molecule has 0 radical (unpaired) electrons. The highest BCUT2D eigenvalue weighted by atomic mass is 32.3. The molecule has 0 aliphatic heterocycles. The van der Waals surface area contributed by atoms with Gasteiger partial charge in [-0.2, -0.15) is 8.42 Å². The normalized spacial score (nSPS) is 11.9. The van der Waals surface area contributed by atoms with E-state index in [9.17, 15) is 8.42 Å². The highest BCUT2D eigenvalue weighted by Crippen LogP contribution is 2.57. The van der Waals surface area contributed by atoms with Crippen molar-refractivity contribution in [3.63, 3.8) is 0 Å². The highest BCUT2D eigenvalue weighted by molar-refractivity contribution is 7.80. The summed E-state index contributed by atoms with van der Waals surface area (Å²) < 4.78 is 33.0. The summed E-state index contributed by atoms with van der Waals surface area (Å²) in [6.07, 6.45) is 25.1. The molecule has 0 saturated carbocycles. The Hall–Kier alpha value is 0.300. The third-order valence-corrected chi connectivity index (χ3v) is 10.5. The molecule has 0 saturated heterocycles. The zero-order valence-corrected chi connectivity index (χ0v) is 23.4. The van der Waals surface area contributed by atoms with Crippen LogP contribution in [0.5, 0.6) is 0 Å². The summed E-state index contributed by atoms with van der Waals surface area (Å²) in [4.78, 5) is 0. The van der Waals surface area contributed by atoms with Gasteiger partial charge in [-0.05, 0) is 25.7 Å². The molecule has 31 heavy (non-hydrogen) atoms. The predicted octanol–water partition coefficient (Wildman–Crippen LogP) is 8.76. The minimum Gasteiger partial charge on any atom is -0.264 e. The van der Waals surface area contributed by atoms with E-state index in [0.29, 0.717) is 6.42 Å². The van der Waals surface area contributed by atoms with Crippen LogP contribution in [0.25, 0.3) is 0 Å². The zero-order chi connectivity index (χ0) is 23.8. The lowest BCUT2D eigenvalue weighted by molar-refractivity contribution is 0.261. The van der Waals surface area contributed by atoms with Gasteiger partial charge in [0.1, 0.15) is 0 Å². The molecule has 0 aliphatic carbocycles. The molecule has 190 valence electrons. The lowest BCUT2D eigenvalue weighted by Gasteiger charge is -2.22. The maximum absolute atomic E-state index is 10.2. The van der Waals surface area contributed by atoms with Crippen LogP contribution in [0.3, 0.4) is 0 Å². The molecule has 0 heterocycles.